The zero-order chi connectivity index (χ0) is 13.9. The molecule has 0 spiro atoms. The third kappa shape index (κ3) is 3.95. The molecule has 2 atom stereocenters. The van der Waals surface area contributed by atoms with E-state index in [-0.39, 0.29) is 11.8 Å². The number of hydrogen-bond acceptors (Lipinski definition) is 2. The van der Waals surface area contributed by atoms with Gasteiger partial charge in [0.25, 0.3) is 0 Å². The summed E-state index contributed by atoms with van der Waals surface area (Å²) in [6.07, 6.45) is 9.32. The fourth-order valence-electron chi connectivity index (χ4n) is 3.69. The molecule has 19 heavy (non-hydrogen) atoms. The van der Waals surface area contributed by atoms with Crippen LogP contribution in [0.5, 0.6) is 0 Å². The summed E-state index contributed by atoms with van der Waals surface area (Å²) >= 11 is 0. The molecule has 0 aliphatic heterocycles. The van der Waals surface area contributed by atoms with Crippen molar-refractivity contribution in [3.05, 3.63) is 0 Å². The first-order chi connectivity index (χ1) is 9.02. The molecule has 2 unspecified atom stereocenters. The second-order valence-corrected chi connectivity index (χ2v) is 7.33. The van der Waals surface area contributed by atoms with Gasteiger partial charge in [-0.15, -0.1) is 0 Å². The SMILES string of the molecule is CC1(C)CCC(NC(=O)C2CCCCC2CN)CC1. The number of nitrogens with one attached hydrogen (secondary N) is 1. The number of carbonyl (C=O) groups excluding carboxylic acids is 1. The molecule has 0 aromatic carbocycles. The maximum atomic E-state index is 12.4. The Morgan fingerprint density at radius 3 is 2.42 bits per heavy atom. The lowest BCUT2D eigenvalue weighted by Gasteiger charge is -2.36. The largest absolute Gasteiger partial charge is 0.353 e. The second-order valence-electron chi connectivity index (χ2n) is 7.33. The molecule has 0 aromatic heterocycles. The van der Waals surface area contributed by atoms with Gasteiger partial charge in [-0.3, -0.25) is 4.79 Å². The predicted molar refractivity (Wildman–Crippen MR) is 78.7 cm³/mol. The van der Waals surface area contributed by atoms with Gasteiger partial charge < -0.3 is 11.1 Å². The van der Waals surface area contributed by atoms with Crippen molar-refractivity contribution in [1.82, 2.24) is 5.32 Å². The Morgan fingerprint density at radius 1 is 1.16 bits per heavy atom. The molecule has 2 aliphatic carbocycles. The summed E-state index contributed by atoms with van der Waals surface area (Å²) in [5.41, 5.74) is 6.28. The van der Waals surface area contributed by atoms with Gasteiger partial charge in [0, 0.05) is 12.0 Å². The van der Waals surface area contributed by atoms with Crippen LogP contribution in [0.2, 0.25) is 0 Å². The van der Waals surface area contributed by atoms with Crippen molar-refractivity contribution in [2.45, 2.75) is 71.3 Å². The molecular weight excluding hydrogens is 236 g/mol. The molecule has 0 heterocycles. The Morgan fingerprint density at radius 2 is 1.79 bits per heavy atom. The molecule has 2 fully saturated rings. The summed E-state index contributed by atoms with van der Waals surface area (Å²) < 4.78 is 0. The molecule has 2 rings (SSSR count). The zero-order valence-electron chi connectivity index (χ0n) is 12.6. The number of rotatable bonds is 3. The Bertz CT molecular complexity index is 304. The lowest BCUT2D eigenvalue weighted by molar-refractivity contribution is -0.128. The summed E-state index contributed by atoms with van der Waals surface area (Å²) in [5, 5.41) is 3.30. The zero-order valence-corrected chi connectivity index (χ0v) is 12.6. The van der Waals surface area contributed by atoms with E-state index in [1.165, 1.54) is 25.7 Å². The molecule has 3 N–H and O–H groups in total. The Labute approximate surface area is 117 Å². The topological polar surface area (TPSA) is 55.1 Å². The molecule has 1 amide bonds. The summed E-state index contributed by atoms with van der Waals surface area (Å²) in [4.78, 5) is 12.4. The standard InChI is InChI=1S/C16H30N2O/c1-16(2)9-7-13(8-10-16)18-15(19)14-6-4-3-5-12(14)11-17/h12-14H,3-11,17H2,1-2H3,(H,18,19). The normalized spacial score (nSPS) is 31.9. The Kier molecular flexibility index (Phi) is 4.88. The van der Waals surface area contributed by atoms with Crippen LogP contribution < -0.4 is 11.1 Å². The number of amides is 1. The van der Waals surface area contributed by atoms with E-state index in [0.717, 1.165) is 25.7 Å². The lowest BCUT2D eigenvalue weighted by Crippen LogP contribution is -2.45. The molecule has 0 bridgehead atoms. The smallest absolute Gasteiger partial charge is 0.223 e. The minimum Gasteiger partial charge on any atom is -0.353 e. The average molecular weight is 266 g/mol. The van der Waals surface area contributed by atoms with Crippen LogP contribution in [0.3, 0.4) is 0 Å². The van der Waals surface area contributed by atoms with Gasteiger partial charge in [-0.25, -0.2) is 0 Å². The molecule has 110 valence electrons. The monoisotopic (exact) mass is 266 g/mol. The van der Waals surface area contributed by atoms with Crippen molar-refractivity contribution in [1.29, 1.82) is 0 Å². The summed E-state index contributed by atoms with van der Waals surface area (Å²) in [7, 11) is 0. The fourth-order valence-corrected chi connectivity index (χ4v) is 3.69. The lowest BCUT2D eigenvalue weighted by atomic mass is 9.75. The summed E-state index contributed by atoms with van der Waals surface area (Å²) in [6, 6.07) is 0.404. The van der Waals surface area contributed by atoms with Crippen LogP contribution in [0.15, 0.2) is 0 Å². The highest BCUT2D eigenvalue weighted by Gasteiger charge is 2.33. The van der Waals surface area contributed by atoms with Gasteiger partial charge in [0.1, 0.15) is 0 Å². The van der Waals surface area contributed by atoms with Gasteiger partial charge in [0.15, 0.2) is 0 Å². The molecular formula is C16H30N2O. The van der Waals surface area contributed by atoms with E-state index in [4.69, 9.17) is 5.73 Å². The Balaban J connectivity index is 1.83. The van der Waals surface area contributed by atoms with E-state index in [1.54, 1.807) is 0 Å². The van der Waals surface area contributed by atoms with E-state index >= 15 is 0 Å². The van der Waals surface area contributed by atoms with E-state index < -0.39 is 0 Å². The third-order valence-corrected chi connectivity index (χ3v) is 5.23. The van der Waals surface area contributed by atoms with Gasteiger partial charge in [-0.1, -0.05) is 26.7 Å². The van der Waals surface area contributed by atoms with Crippen LogP contribution in [0.1, 0.15) is 65.2 Å². The minimum atomic E-state index is 0.175. The molecule has 0 saturated heterocycles. The highest BCUT2D eigenvalue weighted by Crippen LogP contribution is 2.35. The van der Waals surface area contributed by atoms with Crippen molar-refractivity contribution in [3.63, 3.8) is 0 Å². The summed E-state index contributed by atoms with van der Waals surface area (Å²) in [6.45, 7) is 5.32. The van der Waals surface area contributed by atoms with Crippen molar-refractivity contribution in [3.8, 4) is 0 Å². The van der Waals surface area contributed by atoms with Crippen LogP contribution in [0.25, 0.3) is 0 Å². The average Bonchev–Trinajstić information content (AvgIpc) is 2.41. The van der Waals surface area contributed by atoms with Gasteiger partial charge in [-0.05, 0) is 56.4 Å². The minimum absolute atomic E-state index is 0.175. The van der Waals surface area contributed by atoms with Crippen LogP contribution in [0.4, 0.5) is 0 Å². The number of hydrogen-bond donors (Lipinski definition) is 2. The highest BCUT2D eigenvalue weighted by atomic mass is 16.2. The van der Waals surface area contributed by atoms with E-state index in [9.17, 15) is 4.79 Å². The Hall–Kier alpha value is -0.570. The van der Waals surface area contributed by atoms with Crippen LogP contribution in [-0.4, -0.2) is 18.5 Å². The van der Waals surface area contributed by atoms with Crippen LogP contribution in [-0.2, 0) is 4.79 Å². The molecule has 2 saturated carbocycles. The van der Waals surface area contributed by atoms with Gasteiger partial charge >= 0.3 is 0 Å². The first kappa shape index (κ1) is 14.8. The van der Waals surface area contributed by atoms with Gasteiger partial charge in [0.05, 0.1) is 0 Å². The van der Waals surface area contributed by atoms with Gasteiger partial charge in [-0.2, -0.15) is 0 Å². The van der Waals surface area contributed by atoms with E-state index in [0.29, 0.717) is 23.9 Å². The van der Waals surface area contributed by atoms with Crippen molar-refractivity contribution < 1.29 is 4.79 Å². The van der Waals surface area contributed by atoms with Crippen molar-refractivity contribution in [2.75, 3.05) is 6.54 Å². The molecule has 0 aromatic rings. The van der Waals surface area contributed by atoms with Crippen molar-refractivity contribution in [2.24, 2.45) is 23.0 Å². The quantitative estimate of drug-likeness (QED) is 0.825. The number of carbonyl (C=O) groups is 1. The molecule has 3 nitrogen and oxygen atoms in total. The maximum absolute atomic E-state index is 12.4. The van der Waals surface area contributed by atoms with Crippen molar-refractivity contribution >= 4 is 5.91 Å². The predicted octanol–water partition coefficient (Wildman–Crippen LogP) is 2.84. The van der Waals surface area contributed by atoms with E-state index in [2.05, 4.69) is 19.2 Å². The third-order valence-electron chi connectivity index (χ3n) is 5.23. The highest BCUT2D eigenvalue weighted by molar-refractivity contribution is 5.79. The maximum Gasteiger partial charge on any atom is 0.223 e. The first-order valence-corrected chi connectivity index (χ1v) is 8.02. The fraction of sp³-hybridized carbons (Fsp3) is 0.938. The molecule has 0 radical (unpaired) electrons. The van der Waals surface area contributed by atoms with Crippen LogP contribution in [0, 0.1) is 17.3 Å². The first-order valence-electron chi connectivity index (χ1n) is 8.02. The van der Waals surface area contributed by atoms with Gasteiger partial charge in [0.2, 0.25) is 5.91 Å². The van der Waals surface area contributed by atoms with Crippen LogP contribution >= 0.6 is 0 Å². The second kappa shape index (κ2) is 6.25. The molecule has 3 heteroatoms. The molecule has 2 aliphatic rings. The summed E-state index contributed by atoms with van der Waals surface area (Å²) in [5.74, 6) is 0.863. The van der Waals surface area contributed by atoms with E-state index in [1.807, 2.05) is 0 Å². The number of nitrogens with two attached hydrogens (primary N) is 1.